The van der Waals surface area contributed by atoms with Gasteiger partial charge in [-0.2, -0.15) is 5.10 Å². The van der Waals surface area contributed by atoms with Gasteiger partial charge in [0, 0.05) is 19.9 Å². The molecular formula is C14H27N3O. The summed E-state index contributed by atoms with van der Waals surface area (Å²) in [5, 5.41) is 7.97. The molecule has 1 aromatic heterocycles. The molecule has 104 valence electrons. The zero-order chi connectivity index (χ0) is 13.6. The first-order valence-electron chi connectivity index (χ1n) is 6.93. The molecule has 0 aliphatic carbocycles. The van der Waals surface area contributed by atoms with Crippen LogP contribution in [0.4, 0.5) is 0 Å². The Morgan fingerprint density at radius 3 is 2.67 bits per heavy atom. The molecule has 0 spiro atoms. The lowest BCUT2D eigenvalue weighted by molar-refractivity contribution is -0.0321. The van der Waals surface area contributed by atoms with Crippen molar-refractivity contribution in [2.45, 2.75) is 58.7 Å². The minimum Gasteiger partial charge on any atom is -0.376 e. The first-order chi connectivity index (χ1) is 8.62. The van der Waals surface area contributed by atoms with Gasteiger partial charge in [0.2, 0.25) is 0 Å². The maximum atomic E-state index is 5.77. The van der Waals surface area contributed by atoms with Gasteiger partial charge >= 0.3 is 0 Å². The van der Waals surface area contributed by atoms with Crippen LogP contribution in [0.2, 0.25) is 0 Å². The highest BCUT2D eigenvalue weighted by molar-refractivity contribution is 5.12. The third kappa shape index (κ3) is 3.12. The van der Waals surface area contributed by atoms with Gasteiger partial charge in [0.1, 0.15) is 0 Å². The maximum absolute atomic E-state index is 5.77. The van der Waals surface area contributed by atoms with E-state index in [4.69, 9.17) is 4.74 Å². The lowest BCUT2D eigenvalue weighted by Crippen LogP contribution is -2.44. The molecule has 0 amide bonds. The summed E-state index contributed by atoms with van der Waals surface area (Å²) in [6, 6.07) is 2.26. The summed E-state index contributed by atoms with van der Waals surface area (Å²) in [5.41, 5.74) is 0.999. The van der Waals surface area contributed by atoms with Crippen LogP contribution in [0.1, 0.15) is 52.3 Å². The second-order valence-corrected chi connectivity index (χ2v) is 4.83. The van der Waals surface area contributed by atoms with E-state index in [1.165, 1.54) is 5.69 Å². The van der Waals surface area contributed by atoms with E-state index in [2.05, 4.69) is 44.2 Å². The monoisotopic (exact) mass is 253 g/mol. The van der Waals surface area contributed by atoms with E-state index in [-0.39, 0.29) is 11.6 Å². The Kier molecular flexibility index (Phi) is 5.82. The van der Waals surface area contributed by atoms with Crippen molar-refractivity contribution in [3.05, 3.63) is 18.0 Å². The molecule has 0 fully saturated rings. The highest BCUT2D eigenvalue weighted by Crippen LogP contribution is 2.31. The van der Waals surface area contributed by atoms with Crippen LogP contribution in [0.25, 0.3) is 0 Å². The van der Waals surface area contributed by atoms with E-state index in [0.717, 1.165) is 25.9 Å². The van der Waals surface area contributed by atoms with Crippen molar-refractivity contribution < 1.29 is 4.74 Å². The number of methoxy groups -OCH3 is 1. The summed E-state index contributed by atoms with van der Waals surface area (Å²) in [6.07, 6.45) is 3.94. The molecule has 0 aliphatic heterocycles. The predicted molar refractivity (Wildman–Crippen MR) is 74.6 cm³/mol. The highest BCUT2D eigenvalue weighted by atomic mass is 16.5. The fraction of sp³-hybridized carbons (Fsp3) is 0.786. The summed E-state index contributed by atoms with van der Waals surface area (Å²) >= 11 is 0. The topological polar surface area (TPSA) is 39.1 Å². The molecule has 1 aromatic rings. The Morgan fingerprint density at radius 1 is 1.44 bits per heavy atom. The second-order valence-electron chi connectivity index (χ2n) is 4.83. The van der Waals surface area contributed by atoms with Crippen LogP contribution in [-0.4, -0.2) is 29.0 Å². The summed E-state index contributed by atoms with van der Waals surface area (Å²) in [5.74, 6) is 0. The second kappa shape index (κ2) is 6.90. The normalized spacial score (nSPS) is 16.5. The van der Waals surface area contributed by atoms with Crippen molar-refractivity contribution in [1.82, 2.24) is 15.1 Å². The van der Waals surface area contributed by atoms with E-state index in [1.54, 1.807) is 7.11 Å². The number of nitrogens with one attached hydrogen (secondary N) is 1. The number of hydrogen-bond donors (Lipinski definition) is 1. The molecule has 0 saturated carbocycles. The van der Waals surface area contributed by atoms with Crippen LogP contribution >= 0.6 is 0 Å². The van der Waals surface area contributed by atoms with Crippen molar-refractivity contribution in [2.24, 2.45) is 0 Å². The van der Waals surface area contributed by atoms with Crippen LogP contribution in [0.3, 0.4) is 0 Å². The van der Waals surface area contributed by atoms with Crippen LogP contribution in [-0.2, 0) is 11.3 Å². The van der Waals surface area contributed by atoms with Gasteiger partial charge in [0.25, 0.3) is 0 Å². The number of ether oxygens (including phenoxy) is 1. The van der Waals surface area contributed by atoms with Crippen molar-refractivity contribution in [3.63, 3.8) is 0 Å². The molecule has 2 unspecified atom stereocenters. The van der Waals surface area contributed by atoms with Crippen LogP contribution in [0.5, 0.6) is 0 Å². The zero-order valence-electron chi connectivity index (χ0n) is 12.4. The summed E-state index contributed by atoms with van der Waals surface area (Å²) in [7, 11) is 1.79. The molecule has 4 heteroatoms. The number of aryl methyl sites for hydroxylation is 1. The lowest BCUT2D eigenvalue weighted by Gasteiger charge is -2.36. The van der Waals surface area contributed by atoms with Crippen molar-refractivity contribution in [2.75, 3.05) is 13.7 Å². The van der Waals surface area contributed by atoms with Gasteiger partial charge in [0.15, 0.2) is 0 Å². The fourth-order valence-electron chi connectivity index (χ4n) is 2.24. The van der Waals surface area contributed by atoms with Gasteiger partial charge in [-0.25, -0.2) is 0 Å². The summed E-state index contributed by atoms with van der Waals surface area (Å²) in [6.45, 7) is 10.5. The molecule has 0 aliphatic rings. The van der Waals surface area contributed by atoms with Gasteiger partial charge in [-0.3, -0.25) is 4.68 Å². The Labute approximate surface area is 111 Å². The number of hydrogen-bond acceptors (Lipinski definition) is 3. The van der Waals surface area contributed by atoms with Crippen molar-refractivity contribution in [3.8, 4) is 0 Å². The van der Waals surface area contributed by atoms with E-state index < -0.39 is 0 Å². The third-order valence-corrected chi connectivity index (χ3v) is 3.72. The Morgan fingerprint density at radius 2 is 2.17 bits per heavy atom. The molecule has 1 N–H and O–H groups in total. The fourth-order valence-corrected chi connectivity index (χ4v) is 2.24. The van der Waals surface area contributed by atoms with Crippen LogP contribution < -0.4 is 5.32 Å². The average Bonchev–Trinajstić information content (AvgIpc) is 2.87. The Hall–Kier alpha value is -0.870. The first-order valence-corrected chi connectivity index (χ1v) is 6.93. The van der Waals surface area contributed by atoms with Gasteiger partial charge in [-0.05, 0) is 39.3 Å². The zero-order valence-corrected chi connectivity index (χ0v) is 12.4. The molecule has 0 saturated heterocycles. The van der Waals surface area contributed by atoms with Gasteiger partial charge in [-0.1, -0.05) is 13.8 Å². The van der Waals surface area contributed by atoms with E-state index in [1.807, 2.05) is 10.9 Å². The minimum absolute atomic E-state index is 0.176. The Balaban J connectivity index is 3.04. The van der Waals surface area contributed by atoms with Crippen molar-refractivity contribution >= 4 is 0 Å². The molecule has 1 rings (SSSR count). The largest absolute Gasteiger partial charge is 0.376 e. The standard InChI is InChI=1S/C14H27N3O/c1-6-10-15-13(14(4,7-2)18-5)12-9-11-16-17(12)8-3/h9,11,13,15H,6-8,10H2,1-5H3. The molecule has 1 heterocycles. The van der Waals surface area contributed by atoms with Gasteiger partial charge < -0.3 is 10.1 Å². The average molecular weight is 253 g/mol. The maximum Gasteiger partial charge on any atom is 0.0857 e. The number of aromatic nitrogens is 2. The van der Waals surface area contributed by atoms with Gasteiger partial charge in [0.05, 0.1) is 17.3 Å². The molecule has 18 heavy (non-hydrogen) atoms. The van der Waals surface area contributed by atoms with Crippen molar-refractivity contribution in [1.29, 1.82) is 0 Å². The molecule has 0 radical (unpaired) electrons. The predicted octanol–water partition coefficient (Wildman–Crippen LogP) is 2.76. The number of rotatable bonds is 8. The quantitative estimate of drug-likeness (QED) is 0.774. The SMILES string of the molecule is CCCNC(c1ccnn1CC)C(C)(CC)OC. The van der Waals surface area contributed by atoms with E-state index in [9.17, 15) is 0 Å². The molecule has 0 bridgehead atoms. The van der Waals surface area contributed by atoms with Crippen LogP contribution in [0, 0.1) is 0 Å². The molecule has 2 atom stereocenters. The molecule has 4 nitrogen and oxygen atoms in total. The molecule has 0 aromatic carbocycles. The van der Waals surface area contributed by atoms with E-state index >= 15 is 0 Å². The summed E-state index contributed by atoms with van der Waals surface area (Å²) < 4.78 is 7.81. The number of nitrogens with zero attached hydrogens (tertiary/aromatic N) is 2. The third-order valence-electron chi connectivity index (χ3n) is 3.72. The minimum atomic E-state index is -0.206. The smallest absolute Gasteiger partial charge is 0.0857 e. The summed E-state index contributed by atoms with van der Waals surface area (Å²) in [4.78, 5) is 0. The van der Waals surface area contributed by atoms with Gasteiger partial charge in [-0.15, -0.1) is 0 Å². The lowest BCUT2D eigenvalue weighted by atomic mass is 9.90. The van der Waals surface area contributed by atoms with E-state index in [0.29, 0.717) is 0 Å². The Bertz CT molecular complexity index is 345. The highest BCUT2D eigenvalue weighted by Gasteiger charge is 2.35. The molecular weight excluding hydrogens is 226 g/mol. The first kappa shape index (κ1) is 15.2. The van der Waals surface area contributed by atoms with Crippen LogP contribution in [0.15, 0.2) is 12.3 Å².